The molecule has 0 saturated carbocycles. The van der Waals surface area contributed by atoms with Crippen LogP contribution in [-0.2, 0) is 0 Å². The SMILES string of the molecule is Cl.NC(=O)c1cnc2nc3ccccc3n2c1. The van der Waals surface area contributed by atoms with E-state index in [0.717, 1.165) is 11.0 Å². The molecule has 0 aliphatic heterocycles. The highest BCUT2D eigenvalue weighted by Gasteiger charge is 2.07. The van der Waals surface area contributed by atoms with Crippen LogP contribution in [0.15, 0.2) is 36.7 Å². The lowest BCUT2D eigenvalue weighted by molar-refractivity contribution is 0.0999. The van der Waals surface area contributed by atoms with E-state index in [0.29, 0.717) is 11.3 Å². The van der Waals surface area contributed by atoms with Crippen LogP contribution in [0.1, 0.15) is 10.4 Å². The Kier molecular flexibility index (Phi) is 2.69. The van der Waals surface area contributed by atoms with E-state index >= 15 is 0 Å². The molecular formula is C11H9ClN4O. The Morgan fingerprint density at radius 3 is 2.82 bits per heavy atom. The highest BCUT2D eigenvalue weighted by Crippen LogP contribution is 2.14. The van der Waals surface area contributed by atoms with Gasteiger partial charge in [-0.15, -0.1) is 12.4 Å². The van der Waals surface area contributed by atoms with Crippen molar-refractivity contribution in [2.24, 2.45) is 5.73 Å². The topological polar surface area (TPSA) is 73.3 Å². The molecule has 5 nitrogen and oxygen atoms in total. The Bertz CT molecular complexity index is 707. The smallest absolute Gasteiger partial charge is 0.251 e. The van der Waals surface area contributed by atoms with Gasteiger partial charge in [-0.1, -0.05) is 12.1 Å². The molecular weight excluding hydrogens is 240 g/mol. The van der Waals surface area contributed by atoms with Crippen LogP contribution in [0.25, 0.3) is 16.8 Å². The highest BCUT2D eigenvalue weighted by atomic mass is 35.5. The van der Waals surface area contributed by atoms with Crippen molar-refractivity contribution < 1.29 is 4.79 Å². The Hall–Kier alpha value is -2.14. The lowest BCUT2D eigenvalue weighted by Gasteiger charge is -1.97. The normalized spacial score (nSPS) is 10.4. The van der Waals surface area contributed by atoms with Crippen molar-refractivity contribution in [2.45, 2.75) is 0 Å². The zero-order valence-electron chi connectivity index (χ0n) is 8.70. The lowest BCUT2D eigenvalue weighted by Crippen LogP contribution is -2.12. The van der Waals surface area contributed by atoms with Gasteiger partial charge in [-0.2, -0.15) is 0 Å². The number of nitrogens with zero attached hydrogens (tertiary/aromatic N) is 3. The summed E-state index contributed by atoms with van der Waals surface area (Å²) in [6.45, 7) is 0. The molecule has 0 aliphatic carbocycles. The van der Waals surface area contributed by atoms with Gasteiger partial charge in [0.25, 0.3) is 5.91 Å². The highest BCUT2D eigenvalue weighted by molar-refractivity contribution is 5.92. The van der Waals surface area contributed by atoms with Crippen molar-refractivity contribution in [2.75, 3.05) is 0 Å². The summed E-state index contributed by atoms with van der Waals surface area (Å²) in [4.78, 5) is 19.5. The third-order valence-corrected chi connectivity index (χ3v) is 2.45. The molecule has 3 rings (SSSR count). The molecule has 0 aliphatic rings. The first-order valence-corrected chi connectivity index (χ1v) is 4.78. The maximum atomic E-state index is 11.1. The van der Waals surface area contributed by atoms with Crippen molar-refractivity contribution >= 4 is 35.1 Å². The van der Waals surface area contributed by atoms with E-state index in [1.165, 1.54) is 6.20 Å². The molecule has 0 saturated heterocycles. The van der Waals surface area contributed by atoms with Crippen molar-refractivity contribution in [3.8, 4) is 0 Å². The first-order valence-electron chi connectivity index (χ1n) is 4.78. The van der Waals surface area contributed by atoms with Gasteiger partial charge >= 0.3 is 0 Å². The molecule has 1 aromatic carbocycles. The molecule has 3 aromatic rings. The van der Waals surface area contributed by atoms with E-state index in [4.69, 9.17) is 5.73 Å². The van der Waals surface area contributed by atoms with E-state index in [-0.39, 0.29) is 12.4 Å². The van der Waals surface area contributed by atoms with Crippen molar-refractivity contribution in [1.82, 2.24) is 14.4 Å². The molecule has 0 radical (unpaired) electrons. The van der Waals surface area contributed by atoms with Gasteiger partial charge in [0, 0.05) is 12.4 Å². The Labute approximate surface area is 103 Å². The third kappa shape index (κ3) is 1.70. The van der Waals surface area contributed by atoms with Crippen LogP contribution in [0, 0.1) is 0 Å². The summed E-state index contributed by atoms with van der Waals surface area (Å²) in [5.74, 6) is 0.0679. The number of nitrogens with two attached hydrogens (primary N) is 1. The average molecular weight is 249 g/mol. The molecule has 6 heteroatoms. The number of rotatable bonds is 1. The second-order valence-corrected chi connectivity index (χ2v) is 3.48. The number of primary amides is 1. The maximum absolute atomic E-state index is 11.1. The van der Waals surface area contributed by atoms with Crippen molar-refractivity contribution in [1.29, 1.82) is 0 Å². The van der Waals surface area contributed by atoms with E-state index in [1.807, 2.05) is 24.3 Å². The van der Waals surface area contributed by atoms with Crippen LogP contribution in [0.3, 0.4) is 0 Å². The molecule has 0 unspecified atom stereocenters. The minimum absolute atomic E-state index is 0. The van der Waals surface area contributed by atoms with Gasteiger partial charge in [0.1, 0.15) is 0 Å². The van der Waals surface area contributed by atoms with E-state index in [1.54, 1.807) is 10.6 Å². The molecule has 0 spiro atoms. The molecule has 2 aromatic heterocycles. The third-order valence-electron chi connectivity index (χ3n) is 2.45. The second-order valence-electron chi connectivity index (χ2n) is 3.48. The number of fused-ring (bicyclic) bond motifs is 3. The Balaban J connectivity index is 0.00000108. The first-order chi connectivity index (χ1) is 7.75. The van der Waals surface area contributed by atoms with Gasteiger partial charge in [0.2, 0.25) is 5.78 Å². The molecule has 86 valence electrons. The summed E-state index contributed by atoms with van der Waals surface area (Å²) >= 11 is 0. The number of hydrogen-bond donors (Lipinski definition) is 1. The number of carbonyl (C=O) groups excluding carboxylic acids is 1. The molecule has 1 amide bonds. The summed E-state index contributed by atoms with van der Waals surface area (Å²) in [7, 11) is 0. The standard InChI is InChI=1S/C11H8N4O.ClH/c12-10(16)7-5-13-11-14-8-3-1-2-4-9(8)15(11)6-7;/h1-6H,(H2,12,16);1H. The molecule has 0 atom stereocenters. The predicted molar refractivity (Wildman–Crippen MR) is 66.3 cm³/mol. The van der Waals surface area contributed by atoms with Crippen LogP contribution in [-0.4, -0.2) is 20.3 Å². The minimum Gasteiger partial charge on any atom is -0.366 e. The second kappa shape index (κ2) is 4.03. The number of para-hydroxylation sites is 2. The predicted octanol–water partition coefficient (Wildman–Crippen LogP) is 1.40. The van der Waals surface area contributed by atoms with Gasteiger partial charge < -0.3 is 5.73 Å². The van der Waals surface area contributed by atoms with Crippen LogP contribution < -0.4 is 5.73 Å². The van der Waals surface area contributed by atoms with Gasteiger partial charge in [0.15, 0.2) is 0 Å². The van der Waals surface area contributed by atoms with Crippen molar-refractivity contribution in [3.63, 3.8) is 0 Å². The summed E-state index contributed by atoms with van der Waals surface area (Å²) < 4.78 is 1.76. The number of benzene rings is 1. The fourth-order valence-electron chi connectivity index (χ4n) is 1.68. The number of halogens is 1. The summed E-state index contributed by atoms with van der Waals surface area (Å²) in [6, 6.07) is 7.63. The molecule has 0 bridgehead atoms. The van der Waals surface area contributed by atoms with Crippen LogP contribution in [0.5, 0.6) is 0 Å². The van der Waals surface area contributed by atoms with Gasteiger partial charge in [-0.3, -0.25) is 9.20 Å². The lowest BCUT2D eigenvalue weighted by atomic mass is 10.3. The fraction of sp³-hybridized carbons (Fsp3) is 0. The van der Waals surface area contributed by atoms with E-state index in [9.17, 15) is 4.79 Å². The number of aromatic nitrogens is 3. The van der Waals surface area contributed by atoms with Gasteiger partial charge in [-0.25, -0.2) is 9.97 Å². The van der Waals surface area contributed by atoms with Crippen LogP contribution in [0.2, 0.25) is 0 Å². The molecule has 17 heavy (non-hydrogen) atoms. The number of carbonyl (C=O) groups is 1. The van der Waals surface area contributed by atoms with Gasteiger partial charge in [0.05, 0.1) is 16.6 Å². The Morgan fingerprint density at radius 1 is 1.29 bits per heavy atom. The van der Waals surface area contributed by atoms with Crippen LogP contribution in [0.4, 0.5) is 0 Å². The maximum Gasteiger partial charge on any atom is 0.251 e. The summed E-state index contributed by atoms with van der Waals surface area (Å²) in [5.41, 5.74) is 7.33. The quantitative estimate of drug-likeness (QED) is 0.708. The minimum atomic E-state index is -0.493. The zero-order valence-corrected chi connectivity index (χ0v) is 9.52. The van der Waals surface area contributed by atoms with Crippen LogP contribution >= 0.6 is 12.4 Å². The fourth-order valence-corrected chi connectivity index (χ4v) is 1.68. The molecule has 2 heterocycles. The van der Waals surface area contributed by atoms with Gasteiger partial charge in [-0.05, 0) is 12.1 Å². The molecule has 0 fully saturated rings. The zero-order chi connectivity index (χ0) is 11.1. The van der Waals surface area contributed by atoms with E-state index in [2.05, 4.69) is 9.97 Å². The molecule has 2 N–H and O–H groups in total. The summed E-state index contributed by atoms with van der Waals surface area (Å²) in [5, 5.41) is 0. The first kappa shape index (κ1) is 11.3. The number of amides is 1. The largest absolute Gasteiger partial charge is 0.366 e. The van der Waals surface area contributed by atoms with Crippen molar-refractivity contribution in [3.05, 3.63) is 42.2 Å². The Morgan fingerprint density at radius 2 is 2.06 bits per heavy atom. The number of imidazole rings is 1. The average Bonchev–Trinajstić information content (AvgIpc) is 2.66. The monoisotopic (exact) mass is 248 g/mol. The summed E-state index contributed by atoms with van der Waals surface area (Å²) in [6.07, 6.45) is 3.09. The van der Waals surface area contributed by atoms with E-state index < -0.39 is 5.91 Å². The number of hydrogen-bond acceptors (Lipinski definition) is 3.